The normalized spacial score (nSPS) is 11.7. The van der Waals surface area contributed by atoms with E-state index in [0.29, 0.717) is 41.2 Å². The number of alkyl halides is 3. The zero-order valence-corrected chi connectivity index (χ0v) is 22.3. The molecule has 0 aliphatic heterocycles. The summed E-state index contributed by atoms with van der Waals surface area (Å²) in [4.78, 5) is 17.6. The second-order valence-corrected chi connectivity index (χ2v) is 10.7. The quantitative estimate of drug-likeness (QED) is 0.201. The van der Waals surface area contributed by atoms with E-state index >= 15 is 0 Å². The first-order valence-corrected chi connectivity index (χ1v) is 13.9. The van der Waals surface area contributed by atoms with Crippen LogP contribution in [0.25, 0.3) is 11.1 Å². The van der Waals surface area contributed by atoms with Gasteiger partial charge in [0, 0.05) is 18.7 Å². The predicted octanol–water partition coefficient (Wildman–Crippen LogP) is 6.11. The number of aromatic nitrogens is 1. The molecule has 0 saturated carbocycles. The van der Waals surface area contributed by atoms with E-state index in [0.717, 1.165) is 17.7 Å². The number of benzene rings is 3. The lowest BCUT2D eigenvalue weighted by molar-refractivity contribution is -0.137. The smallest absolute Gasteiger partial charge is 0.370 e. The van der Waals surface area contributed by atoms with Gasteiger partial charge in [-0.1, -0.05) is 42.5 Å². The van der Waals surface area contributed by atoms with Crippen molar-refractivity contribution >= 4 is 27.4 Å². The van der Waals surface area contributed by atoms with Crippen LogP contribution in [0.2, 0.25) is 0 Å². The van der Waals surface area contributed by atoms with E-state index in [1.807, 2.05) is 0 Å². The molecule has 1 aromatic heterocycles. The first-order valence-electron chi connectivity index (χ1n) is 12.4. The standard InChI is InChI=1S/C29H27F3N4O3S/c1-20-7-5-10-25(27(20)21-11-13-22(14-12-21)29(30,31)32)28(37)36-23-15-16-26(34-19-23)33-17-6-18-35-40(38,39)24-8-3-2-4-9-24/h2-5,7-16,19,35H,6,17-18H2,1H3,(H,33,34)(H,36,37). The number of anilines is 2. The molecule has 7 nitrogen and oxygen atoms in total. The fourth-order valence-corrected chi connectivity index (χ4v) is 5.13. The number of halogens is 3. The van der Waals surface area contributed by atoms with Crippen molar-refractivity contribution < 1.29 is 26.4 Å². The predicted molar refractivity (Wildman–Crippen MR) is 149 cm³/mol. The number of carbonyl (C=O) groups excluding carboxylic acids is 1. The monoisotopic (exact) mass is 568 g/mol. The van der Waals surface area contributed by atoms with E-state index in [4.69, 9.17) is 0 Å². The summed E-state index contributed by atoms with van der Waals surface area (Å²) in [7, 11) is -3.56. The Balaban J connectivity index is 1.34. The van der Waals surface area contributed by atoms with Crippen molar-refractivity contribution in [3.8, 4) is 11.1 Å². The van der Waals surface area contributed by atoms with Crippen molar-refractivity contribution in [2.24, 2.45) is 0 Å². The van der Waals surface area contributed by atoms with Gasteiger partial charge in [0.15, 0.2) is 0 Å². The van der Waals surface area contributed by atoms with Crippen molar-refractivity contribution in [2.45, 2.75) is 24.4 Å². The van der Waals surface area contributed by atoms with E-state index < -0.39 is 27.7 Å². The summed E-state index contributed by atoms with van der Waals surface area (Å²) in [6, 6.07) is 21.3. The Bertz CT molecular complexity index is 1560. The molecule has 0 aliphatic rings. The highest BCUT2D eigenvalue weighted by molar-refractivity contribution is 7.89. The molecule has 0 aliphatic carbocycles. The van der Waals surface area contributed by atoms with Crippen LogP contribution in [0.5, 0.6) is 0 Å². The second-order valence-electron chi connectivity index (χ2n) is 8.95. The molecule has 0 saturated heterocycles. The van der Waals surface area contributed by atoms with Gasteiger partial charge in [0.1, 0.15) is 5.82 Å². The summed E-state index contributed by atoms with van der Waals surface area (Å²) >= 11 is 0. The molecule has 0 atom stereocenters. The van der Waals surface area contributed by atoms with E-state index in [2.05, 4.69) is 20.3 Å². The summed E-state index contributed by atoms with van der Waals surface area (Å²) in [6.45, 7) is 2.50. The highest BCUT2D eigenvalue weighted by Crippen LogP contribution is 2.33. The minimum absolute atomic E-state index is 0.208. The van der Waals surface area contributed by atoms with Crippen molar-refractivity contribution in [1.82, 2.24) is 9.71 Å². The summed E-state index contributed by atoms with van der Waals surface area (Å²) in [5, 5.41) is 5.88. The largest absolute Gasteiger partial charge is 0.416 e. The number of nitrogens with zero attached hydrogens (tertiary/aromatic N) is 1. The SMILES string of the molecule is Cc1cccc(C(=O)Nc2ccc(NCCCNS(=O)(=O)c3ccccc3)nc2)c1-c1ccc(C(F)(F)F)cc1. The Kier molecular flexibility index (Phi) is 8.86. The molecule has 40 heavy (non-hydrogen) atoms. The number of hydrogen-bond donors (Lipinski definition) is 3. The van der Waals surface area contributed by atoms with Gasteiger partial charge >= 0.3 is 6.18 Å². The molecule has 3 N–H and O–H groups in total. The minimum Gasteiger partial charge on any atom is -0.370 e. The van der Waals surface area contributed by atoms with Crippen LogP contribution in [0.3, 0.4) is 0 Å². The van der Waals surface area contributed by atoms with E-state index in [-0.39, 0.29) is 11.4 Å². The minimum atomic E-state index is -4.45. The molecule has 1 amide bonds. The number of aryl methyl sites for hydroxylation is 1. The van der Waals surface area contributed by atoms with Gasteiger partial charge in [0.2, 0.25) is 10.0 Å². The second kappa shape index (κ2) is 12.3. The third kappa shape index (κ3) is 7.25. The van der Waals surface area contributed by atoms with Gasteiger partial charge in [-0.3, -0.25) is 4.79 Å². The maximum absolute atomic E-state index is 13.1. The van der Waals surface area contributed by atoms with E-state index in [9.17, 15) is 26.4 Å². The van der Waals surface area contributed by atoms with Crippen LogP contribution in [0.4, 0.5) is 24.7 Å². The molecular weight excluding hydrogens is 541 g/mol. The van der Waals surface area contributed by atoms with Gasteiger partial charge in [-0.05, 0) is 72.5 Å². The van der Waals surface area contributed by atoms with Crippen molar-refractivity contribution in [3.63, 3.8) is 0 Å². The number of carbonyl (C=O) groups is 1. The Hall–Kier alpha value is -4.22. The summed E-state index contributed by atoms with van der Waals surface area (Å²) in [5.41, 5.74) is 1.79. The van der Waals surface area contributed by atoms with Crippen LogP contribution < -0.4 is 15.4 Å². The Labute approximate surface area is 230 Å². The Morgan fingerprint density at radius 1 is 0.875 bits per heavy atom. The number of hydrogen-bond acceptors (Lipinski definition) is 5. The lowest BCUT2D eigenvalue weighted by Gasteiger charge is -2.14. The maximum atomic E-state index is 13.1. The van der Waals surface area contributed by atoms with Crippen molar-refractivity contribution in [3.05, 3.63) is 108 Å². The molecule has 0 bridgehead atoms. The van der Waals surface area contributed by atoms with Gasteiger partial charge in [-0.25, -0.2) is 18.1 Å². The number of sulfonamides is 1. The molecule has 0 unspecified atom stereocenters. The fourth-order valence-electron chi connectivity index (χ4n) is 4.03. The van der Waals surface area contributed by atoms with Crippen LogP contribution in [-0.2, 0) is 16.2 Å². The van der Waals surface area contributed by atoms with Crippen LogP contribution in [0, 0.1) is 6.92 Å². The third-order valence-corrected chi connectivity index (χ3v) is 7.52. The third-order valence-electron chi connectivity index (χ3n) is 6.04. The molecule has 1 heterocycles. The summed E-state index contributed by atoms with van der Waals surface area (Å²) < 4.78 is 66.0. The van der Waals surface area contributed by atoms with E-state index in [1.54, 1.807) is 55.5 Å². The summed E-state index contributed by atoms with van der Waals surface area (Å²) in [6.07, 6.45) is -2.45. The Morgan fingerprint density at radius 3 is 2.25 bits per heavy atom. The molecular formula is C29H27F3N4O3S. The van der Waals surface area contributed by atoms with Gasteiger partial charge < -0.3 is 10.6 Å². The highest BCUT2D eigenvalue weighted by atomic mass is 32.2. The molecule has 4 aromatic rings. The van der Waals surface area contributed by atoms with Gasteiger partial charge in [-0.15, -0.1) is 0 Å². The zero-order chi connectivity index (χ0) is 28.8. The topological polar surface area (TPSA) is 100 Å². The molecule has 0 fully saturated rings. The van der Waals surface area contributed by atoms with Crippen molar-refractivity contribution in [1.29, 1.82) is 0 Å². The van der Waals surface area contributed by atoms with Crippen molar-refractivity contribution in [2.75, 3.05) is 23.7 Å². The van der Waals surface area contributed by atoms with Gasteiger partial charge in [0.25, 0.3) is 5.91 Å². The van der Waals surface area contributed by atoms with Crippen LogP contribution in [0.15, 0.2) is 96.0 Å². The lowest BCUT2D eigenvalue weighted by atomic mass is 9.94. The van der Waals surface area contributed by atoms with Gasteiger partial charge in [0.05, 0.1) is 22.3 Å². The summed E-state index contributed by atoms with van der Waals surface area (Å²) in [5.74, 6) is 0.122. The van der Waals surface area contributed by atoms with Crippen LogP contribution >= 0.6 is 0 Å². The molecule has 208 valence electrons. The lowest BCUT2D eigenvalue weighted by Crippen LogP contribution is -2.26. The van der Waals surface area contributed by atoms with Crippen LogP contribution in [0.1, 0.15) is 27.9 Å². The zero-order valence-electron chi connectivity index (χ0n) is 21.5. The molecule has 0 radical (unpaired) electrons. The molecule has 0 spiro atoms. The van der Waals surface area contributed by atoms with Crippen LogP contribution in [-0.4, -0.2) is 32.4 Å². The number of amides is 1. The van der Waals surface area contributed by atoms with E-state index in [1.165, 1.54) is 30.5 Å². The average Bonchev–Trinajstić information content (AvgIpc) is 2.93. The number of nitrogens with one attached hydrogen (secondary N) is 3. The molecule has 3 aromatic carbocycles. The number of pyridine rings is 1. The Morgan fingerprint density at radius 2 is 1.60 bits per heavy atom. The maximum Gasteiger partial charge on any atom is 0.416 e. The fraction of sp³-hybridized carbons (Fsp3) is 0.172. The highest BCUT2D eigenvalue weighted by Gasteiger charge is 2.30. The average molecular weight is 569 g/mol. The number of rotatable bonds is 10. The van der Waals surface area contributed by atoms with Gasteiger partial charge in [-0.2, -0.15) is 13.2 Å². The molecule has 11 heteroatoms. The first-order chi connectivity index (χ1) is 19.0. The molecule has 4 rings (SSSR count). The first kappa shape index (κ1) is 28.8.